The van der Waals surface area contributed by atoms with Crippen LogP contribution in [0, 0.1) is 20.8 Å². The van der Waals surface area contributed by atoms with Crippen molar-refractivity contribution in [3.63, 3.8) is 0 Å². The number of halogens is 6. The normalized spacial score (nSPS) is 13.9. The minimum absolute atomic E-state index is 0.0394. The molecule has 0 bridgehead atoms. The van der Waals surface area contributed by atoms with Crippen molar-refractivity contribution in [2.24, 2.45) is 0 Å². The summed E-state index contributed by atoms with van der Waals surface area (Å²) in [4.78, 5) is 4.12. The molecule has 3 aromatic carbocycles. The molecule has 0 aliphatic carbocycles. The molecule has 0 aliphatic rings. The van der Waals surface area contributed by atoms with Gasteiger partial charge in [0.25, 0.3) is 0 Å². The quantitative estimate of drug-likeness (QED) is 0.180. The first-order chi connectivity index (χ1) is 13.1. The Hall–Kier alpha value is -1.59. The molecule has 0 nitrogen and oxygen atoms in total. The van der Waals surface area contributed by atoms with Crippen molar-refractivity contribution in [1.82, 2.24) is 0 Å². The summed E-state index contributed by atoms with van der Waals surface area (Å²) in [5.74, 6) is 0. The van der Waals surface area contributed by atoms with Crippen molar-refractivity contribution in [2.45, 2.75) is 35.5 Å². The van der Waals surface area contributed by atoms with Crippen molar-refractivity contribution in [3.05, 3.63) is 89.5 Å². The molecule has 8 heteroatoms. The molecule has 0 N–H and O–H groups in total. The second kappa shape index (κ2) is 7.92. The number of hydrogen-bond donors (Lipinski definition) is 0. The molecule has 158 valence electrons. The Bertz CT molecular complexity index is 828. The summed E-state index contributed by atoms with van der Waals surface area (Å²) in [6.07, 6.45) is 0. The fourth-order valence-electron chi connectivity index (χ4n) is 2.43. The van der Waals surface area contributed by atoms with Crippen molar-refractivity contribution in [3.8, 4) is 0 Å². The van der Waals surface area contributed by atoms with Gasteiger partial charge in [-0.1, -0.05) is 53.1 Å². The van der Waals surface area contributed by atoms with E-state index in [1.807, 2.05) is 0 Å². The number of aryl methyl sites for hydroxylation is 3. The van der Waals surface area contributed by atoms with Crippen LogP contribution in [-0.2, 0) is 10.9 Å². The van der Waals surface area contributed by atoms with Gasteiger partial charge in [0.1, 0.15) is 0 Å². The second-order valence-corrected chi connectivity index (χ2v) is 14.2. The van der Waals surface area contributed by atoms with Crippen LogP contribution >= 0.6 is 0 Å². The second-order valence-electron chi connectivity index (χ2n) is 6.70. The monoisotopic (exact) mass is 540 g/mol. The maximum absolute atomic E-state index is 11.2. The van der Waals surface area contributed by atoms with Crippen molar-refractivity contribution < 1.29 is 16.9 Å². The molecule has 0 radical (unpaired) electrons. The first kappa shape index (κ1) is 23.7. The average molecular weight is 541 g/mol. The molecule has 0 saturated heterocycles. The summed E-state index contributed by atoms with van der Waals surface area (Å²) in [6.45, 7) is 6.42. The van der Waals surface area contributed by atoms with Gasteiger partial charge in [-0.15, -0.1) is 0 Å². The molecule has 0 saturated carbocycles. The molecular formula is C21H21F6SSb. The zero-order valence-electron chi connectivity index (χ0n) is 16.1. The summed E-state index contributed by atoms with van der Waals surface area (Å²) < 4.78 is 59.6. The van der Waals surface area contributed by atoms with Crippen LogP contribution in [0.25, 0.3) is 0 Å². The first-order valence-corrected chi connectivity index (χ1v) is 15.6. The molecule has 0 aromatic heterocycles. The van der Waals surface area contributed by atoms with E-state index >= 15 is 0 Å². The van der Waals surface area contributed by atoms with Crippen LogP contribution in [-0.4, -0.2) is 19.5 Å². The van der Waals surface area contributed by atoms with E-state index in [4.69, 9.17) is 0 Å². The van der Waals surface area contributed by atoms with Crippen molar-refractivity contribution in [1.29, 1.82) is 0 Å². The van der Waals surface area contributed by atoms with E-state index in [1.54, 1.807) is 0 Å². The zero-order chi connectivity index (χ0) is 21.9. The van der Waals surface area contributed by atoms with Crippen LogP contribution in [0.2, 0.25) is 0 Å². The molecular weight excluding hydrogens is 520 g/mol. The van der Waals surface area contributed by atoms with Gasteiger partial charge in [-0.05, 0) is 57.2 Å². The zero-order valence-corrected chi connectivity index (χ0v) is 19.4. The van der Waals surface area contributed by atoms with Gasteiger partial charge in [0.2, 0.25) is 0 Å². The fraction of sp³-hybridized carbons (Fsp3) is 0.143. The number of benzene rings is 3. The Balaban J connectivity index is 0.000000370. The third-order valence-corrected chi connectivity index (χ3v) is 6.00. The molecule has 0 unspecified atom stereocenters. The van der Waals surface area contributed by atoms with Gasteiger partial charge in [-0.3, -0.25) is 0 Å². The summed E-state index contributed by atoms with van der Waals surface area (Å²) in [7, 11) is -0.0394. The van der Waals surface area contributed by atoms with Crippen molar-refractivity contribution in [2.75, 3.05) is 0 Å². The molecule has 0 heterocycles. The van der Waals surface area contributed by atoms with Crippen LogP contribution in [0.1, 0.15) is 16.7 Å². The van der Waals surface area contributed by atoms with Gasteiger partial charge in [-0.25, -0.2) is 0 Å². The predicted molar refractivity (Wildman–Crippen MR) is 108 cm³/mol. The summed E-state index contributed by atoms with van der Waals surface area (Å²) in [6, 6.07) is 26.8. The fourth-order valence-corrected chi connectivity index (χ4v) is 4.47. The third kappa shape index (κ3) is 9.64. The Morgan fingerprint density at radius 1 is 0.448 bits per heavy atom. The Morgan fingerprint density at radius 3 is 0.793 bits per heavy atom. The molecule has 29 heavy (non-hydrogen) atoms. The third-order valence-electron chi connectivity index (χ3n) is 3.77. The molecule has 3 rings (SSSR count). The number of hydrogen-bond acceptors (Lipinski definition) is 0. The maximum atomic E-state index is 9.93. The van der Waals surface area contributed by atoms with Crippen LogP contribution in [0.5, 0.6) is 0 Å². The van der Waals surface area contributed by atoms with Crippen LogP contribution < -0.4 is 0 Å². The summed E-state index contributed by atoms with van der Waals surface area (Å²) in [5.41, 5.74) is 3.92. The van der Waals surface area contributed by atoms with Crippen LogP contribution in [0.4, 0.5) is 16.9 Å². The van der Waals surface area contributed by atoms with E-state index < -0.39 is 19.5 Å². The van der Waals surface area contributed by atoms with E-state index in [2.05, 4.69) is 93.6 Å². The van der Waals surface area contributed by atoms with E-state index in [9.17, 15) is 16.9 Å². The van der Waals surface area contributed by atoms with E-state index in [0.29, 0.717) is 0 Å². The van der Waals surface area contributed by atoms with E-state index in [1.165, 1.54) is 31.4 Å². The Labute approximate surface area is 171 Å². The molecule has 3 aromatic rings. The predicted octanol–water partition coefficient (Wildman–Crippen LogP) is 7.85. The van der Waals surface area contributed by atoms with Crippen LogP contribution in [0.15, 0.2) is 87.5 Å². The van der Waals surface area contributed by atoms with Crippen molar-refractivity contribution >= 4 is 30.4 Å². The van der Waals surface area contributed by atoms with Gasteiger partial charge >= 0.3 is 36.4 Å². The van der Waals surface area contributed by atoms with Gasteiger partial charge in [0.15, 0.2) is 14.7 Å². The van der Waals surface area contributed by atoms with Crippen LogP contribution in [0.3, 0.4) is 0 Å². The van der Waals surface area contributed by atoms with Gasteiger partial charge in [0, 0.05) is 0 Å². The molecule has 0 aliphatic heterocycles. The first-order valence-electron chi connectivity index (χ1n) is 8.59. The number of rotatable bonds is 3. The van der Waals surface area contributed by atoms with E-state index in [-0.39, 0.29) is 10.9 Å². The molecule has 0 amide bonds. The SMILES string of the molecule is Cc1ccc([S+](c2ccc(C)cc2)c2ccc(C)cc2)cc1.[F][Sb-]([F])([F])([F])([F])[F]. The summed E-state index contributed by atoms with van der Waals surface area (Å²) in [5, 5.41) is 0. The molecule has 0 spiro atoms. The Morgan fingerprint density at radius 2 is 0.621 bits per heavy atom. The topological polar surface area (TPSA) is 0 Å². The standard InChI is InChI=1S/C21H21S.6FH.Sb/c1-16-4-10-19(11-5-16)22(20-12-6-17(2)7-13-20)21-14-8-18(3)9-15-21;;;;;;;/h4-15H,1-3H3;6*1H;/q+1;;;;;;;+5/p-6. The summed E-state index contributed by atoms with van der Waals surface area (Å²) >= 11 is -11.2. The van der Waals surface area contributed by atoms with Gasteiger partial charge in [0.05, 0.1) is 10.9 Å². The van der Waals surface area contributed by atoms with Gasteiger partial charge < -0.3 is 0 Å². The Kier molecular flexibility index (Phi) is 6.47. The molecule has 0 fully saturated rings. The average Bonchev–Trinajstić information content (AvgIpc) is 2.57. The van der Waals surface area contributed by atoms with Gasteiger partial charge in [-0.2, -0.15) is 0 Å². The minimum atomic E-state index is -11.2. The van der Waals surface area contributed by atoms with E-state index in [0.717, 1.165) is 0 Å². The molecule has 0 atom stereocenters.